The van der Waals surface area contributed by atoms with E-state index in [9.17, 15) is 9.65 Å². The topological polar surface area (TPSA) is 35.8 Å². The van der Waals surface area contributed by atoms with Crippen LogP contribution in [0, 0.1) is 24.1 Å². The largest absolute Gasteiger partial charge is 0.298 e. The van der Waals surface area contributed by atoms with Gasteiger partial charge in [0.05, 0.1) is 6.07 Å². The van der Waals surface area contributed by atoms with Crippen molar-refractivity contribution in [3.8, 4) is 6.07 Å². The van der Waals surface area contributed by atoms with Crippen molar-refractivity contribution in [3.63, 3.8) is 0 Å². The molecule has 0 fully saturated rings. The molecule has 1 atom stereocenters. The zero-order chi connectivity index (χ0) is 14.4. The summed E-state index contributed by atoms with van der Waals surface area (Å²) in [6.45, 7) is 2.57. The molecule has 1 N–H and O–H groups in total. The monoisotopic (exact) mass is 268 g/mol. The van der Waals surface area contributed by atoms with E-state index in [0.717, 1.165) is 11.1 Å². The average Bonchev–Trinajstić information content (AvgIpc) is 2.47. The van der Waals surface area contributed by atoms with E-state index in [1.54, 1.807) is 12.1 Å². The molecular weight excluding hydrogens is 251 g/mol. The van der Waals surface area contributed by atoms with Crippen LogP contribution in [-0.4, -0.2) is 6.54 Å². The van der Waals surface area contributed by atoms with Gasteiger partial charge in [0.1, 0.15) is 11.9 Å². The van der Waals surface area contributed by atoms with Crippen molar-refractivity contribution in [3.05, 3.63) is 71.0 Å². The molecule has 0 saturated heterocycles. The second kappa shape index (κ2) is 6.83. The molecule has 1 unspecified atom stereocenters. The summed E-state index contributed by atoms with van der Waals surface area (Å²) < 4.78 is 13.5. The van der Waals surface area contributed by atoms with E-state index in [1.807, 2.05) is 37.3 Å². The van der Waals surface area contributed by atoms with Gasteiger partial charge in [-0.1, -0.05) is 48.0 Å². The number of nitriles is 1. The van der Waals surface area contributed by atoms with E-state index in [1.165, 1.54) is 6.07 Å². The first-order valence-electron chi connectivity index (χ1n) is 6.63. The average molecular weight is 268 g/mol. The summed E-state index contributed by atoms with van der Waals surface area (Å²) in [5.41, 5.74) is 2.77. The highest BCUT2D eigenvalue weighted by Gasteiger charge is 2.09. The molecule has 2 aromatic carbocycles. The summed E-state index contributed by atoms with van der Waals surface area (Å²) in [4.78, 5) is 0. The minimum atomic E-state index is -0.359. The lowest BCUT2D eigenvalue weighted by atomic mass is 10.1. The highest BCUT2D eigenvalue weighted by Crippen LogP contribution is 2.13. The minimum absolute atomic E-state index is 0.196. The molecule has 0 bridgehead atoms. The van der Waals surface area contributed by atoms with Gasteiger partial charge in [-0.15, -0.1) is 0 Å². The maximum Gasteiger partial charge on any atom is 0.126 e. The number of rotatable bonds is 5. The van der Waals surface area contributed by atoms with Crippen LogP contribution in [0.5, 0.6) is 0 Å². The Morgan fingerprint density at radius 1 is 1.15 bits per heavy atom. The van der Waals surface area contributed by atoms with Crippen molar-refractivity contribution < 1.29 is 4.39 Å². The molecule has 0 amide bonds. The molecule has 0 aliphatic rings. The molecule has 0 aromatic heterocycles. The van der Waals surface area contributed by atoms with Crippen LogP contribution in [0.4, 0.5) is 4.39 Å². The summed E-state index contributed by atoms with van der Waals surface area (Å²) >= 11 is 0. The molecule has 0 radical (unpaired) electrons. The second-order valence-electron chi connectivity index (χ2n) is 4.77. The number of benzene rings is 2. The number of hydrogen-bond donors (Lipinski definition) is 1. The smallest absolute Gasteiger partial charge is 0.126 e. The van der Waals surface area contributed by atoms with Crippen molar-refractivity contribution >= 4 is 0 Å². The Hall–Kier alpha value is -2.18. The predicted octanol–water partition coefficient (Wildman–Crippen LogP) is 3.53. The summed E-state index contributed by atoms with van der Waals surface area (Å²) in [5, 5.41) is 12.4. The lowest BCUT2D eigenvalue weighted by Gasteiger charge is -2.12. The van der Waals surface area contributed by atoms with Gasteiger partial charge in [-0.2, -0.15) is 5.26 Å². The fourth-order valence-electron chi connectivity index (χ4n) is 2.05. The third kappa shape index (κ3) is 3.66. The fourth-order valence-corrected chi connectivity index (χ4v) is 2.05. The van der Waals surface area contributed by atoms with Gasteiger partial charge in [0.15, 0.2) is 0 Å². The van der Waals surface area contributed by atoms with E-state index in [-0.39, 0.29) is 11.9 Å². The van der Waals surface area contributed by atoms with Crippen LogP contribution in [0.25, 0.3) is 0 Å². The van der Waals surface area contributed by atoms with Crippen LogP contribution in [0.3, 0.4) is 0 Å². The van der Waals surface area contributed by atoms with Gasteiger partial charge in [-0.25, -0.2) is 4.39 Å². The van der Waals surface area contributed by atoms with Gasteiger partial charge in [-0.05, 0) is 30.5 Å². The number of hydrogen-bond acceptors (Lipinski definition) is 2. The molecule has 20 heavy (non-hydrogen) atoms. The normalized spacial score (nSPS) is 11.8. The molecular formula is C17H17FN2. The Morgan fingerprint density at radius 2 is 1.85 bits per heavy atom. The third-order valence-corrected chi connectivity index (χ3v) is 3.24. The van der Waals surface area contributed by atoms with Crippen molar-refractivity contribution in [2.75, 3.05) is 6.54 Å². The fraction of sp³-hybridized carbons (Fsp3) is 0.235. The Bertz CT molecular complexity index is 599. The molecule has 0 aliphatic heterocycles. The van der Waals surface area contributed by atoms with E-state index >= 15 is 0 Å². The highest BCUT2D eigenvalue weighted by atomic mass is 19.1. The molecule has 2 aromatic rings. The number of nitrogens with zero attached hydrogens (tertiary/aromatic N) is 1. The van der Waals surface area contributed by atoms with Crippen molar-refractivity contribution in [2.24, 2.45) is 0 Å². The Balaban J connectivity index is 1.94. The van der Waals surface area contributed by atoms with Crippen LogP contribution in [0.1, 0.15) is 22.7 Å². The van der Waals surface area contributed by atoms with Crippen molar-refractivity contribution in [1.82, 2.24) is 5.32 Å². The Morgan fingerprint density at radius 3 is 2.50 bits per heavy atom. The van der Waals surface area contributed by atoms with Gasteiger partial charge in [0.25, 0.3) is 0 Å². The number of halogens is 1. The lowest BCUT2D eigenvalue weighted by Crippen LogP contribution is -2.22. The van der Waals surface area contributed by atoms with E-state index in [2.05, 4.69) is 11.4 Å². The standard InChI is InChI=1S/C17H17FN2/c1-13-6-8-15(9-7-13)17(12-19)20-11-10-14-4-2-3-5-16(14)18/h2-9,17,20H,10-11H2,1H3. The molecule has 2 nitrogen and oxygen atoms in total. The molecule has 0 heterocycles. The van der Waals surface area contributed by atoms with Crippen molar-refractivity contribution in [2.45, 2.75) is 19.4 Å². The summed E-state index contributed by atoms with van der Waals surface area (Å²) in [5.74, 6) is -0.196. The van der Waals surface area contributed by atoms with Crippen molar-refractivity contribution in [1.29, 1.82) is 5.26 Å². The van der Waals surface area contributed by atoms with Crippen LogP contribution in [0.15, 0.2) is 48.5 Å². The molecule has 0 aliphatic carbocycles. The number of aryl methyl sites for hydroxylation is 1. The van der Waals surface area contributed by atoms with E-state index in [0.29, 0.717) is 18.5 Å². The summed E-state index contributed by atoms with van der Waals surface area (Å²) in [6.07, 6.45) is 0.566. The number of nitrogens with one attached hydrogen (secondary N) is 1. The summed E-state index contributed by atoms with van der Waals surface area (Å²) in [7, 11) is 0. The SMILES string of the molecule is Cc1ccc(C(C#N)NCCc2ccccc2F)cc1. The Labute approximate surface area is 118 Å². The van der Waals surface area contributed by atoms with Gasteiger partial charge < -0.3 is 0 Å². The highest BCUT2D eigenvalue weighted by molar-refractivity contribution is 5.27. The van der Waals surface area contributed by atoms with Gasteiger partial charge in [-0.3, -0.25) is 5.32 Å². The van der Waals surface area contributed by atoms with Gasteiger partial charge in [0.2, 0.25) is 0 Å². The first-order valence-corrected chi connectivity index (χ1v) is 6.63. The van der Waals surface area contributed by atoms with E-state index < -0.39 is 0 Å². The minimum Gasteiger partial charge on any atom is -0.298 e. The molecule has 0 spiro atoms. The molecule has 2 rings (SSSR count). The van der Waals surface area contributed by atoms with Crippen LogP contribution < -0.4 is 5.32 Å². The molecule has 102 valence electrons. The first kappa shape index (κ1) is 14.2. The molecule has 3 heteroatoms. The molecule has 0 saturated carbocycles. The summed E-state index contributed by atoms with van der Waals surface area (Å²) in [6, 6.07) is 16.5. The second-order valence-corrected chi connectivity index (χ2v) is 4.77. The quantitative estimate of drug-likeness (QED) is 0.900. The van der Waals surface area contributed by atoms with Crippen LogP contribution >= 0.6 is 0 Å². The zero-order valence-electron chi connectivity index (χ0n) is 11.4. The predicted molar refractivity (Wildman–Crippen MR) is 77.6 cm³/mol. The van der Waals surface area contributed by atoms with Crippen LogP contribution in [-0.2, 0) is 6.42 Å². The zero-order valence-corrected chi connectivity index (χ0v) is 11.4. The maximum absolute atomic E-state index is 13.5. The maximum atomic E-state index is 13.5. The lowest BCUT2D eigenvalue weighted by molar-refractivity contribution is 0.586. The van der Waals surface area contributed by atoms with Crippen LogP contribution in [0.2, 0.25) is 0 Å². The van der Waals surface area contributed by atoms with Gasteiger partial charge >= 0.3 is 0 Å². The first-order chi connectivity index (χ1) is 9.70. The third-order valence-electron chi connectivity index (χ3n) is 3.24. The van der Waals surface area contributed by atoms with Gasteiger partial charge in [0, 0.05) is 6.54 Å². The Kier molecular flexibility index (Phi) is 4.86. The van der Waals surface area contributed by atoms with E-state index in [4.69, 9.17) is 0 Å².